The van der Waals surface area contributed by atoms with Gasteiger partial charge in [-0.15, -0.1) is 0 Å². The number of aromatic hydroxyl groups is 1. The Balaban J connectivity index is 2.63. The SMILES string of the molecule is CC(=O)Oc1cccc2ccc(O)cc12. The topological polar surface area (TPSA) is 46.5 Å². The fourth-order valence-corrected chi connectivity index (χ4v) is 1.48. The molecule has 1 N–H and O–H groups in total. The van der Waals surface area contributed by atoms with Crippen molar-refractivity contribution in [2.45, 2.75) is 6.92 Å². The van der Waals surface area contributed by atoms with E-state index in [4.69, 9.17) is 4.74 Å². The number of hydrogen-bond donors (Lipinski definition) is 1. The third-order valence-electron chi connectivity index (χ3n) is 2.08. The number of rotatable bonds is 1. The van der Waals surface area contributed by atoms with Crippen LogP contribution in [0.2, 0.25) is 0 Å². The monoisotopic (exact) mass is 202 g/mol. The molecule has 0 spiro atoms. The van der Waals surface area contributed by atoms with Gasteiger partial charge in [0, 0.05) is 12.3 Å². The number of benzene rings is 2. The van der Waals surface area contributed by atoms with E-state index in [1.54, 1.807) is 30.3 Å². The van der Waals surface area contributed by atoms with E-state index in [0.29, 0.717) is 5.75 Å². The van der Waals surface area contributed by atoms with Crippen molar-refractivity contribution in [3.05, 3.63) is 36.4 Å². The molecule has 0 aliphatic carbocycles. The number of fused-ring (bicyclic) bond motifs is 1. The summed E-state index contributed by atoms with van der Waals surface area (Å²) in [6.07, 6.45) is 0. The van der Waals surface area contributed by atoms with E-state index in [2.05, 4.69) is 0 Å². The van der Waals surface area contributed by atoms with Gasteiger partial charge in [-0.05, 0) is 23.6 Å². The zero-order valence-electron chi connectivity index (χ0n) is 8.23. The average molecular weight is 202 g/mol. The maximum absolute atomic E-state index is 10.9. The first-order chi connectivity index (χ1) is 7.16. The molecule has 0 bridgehead atoms. The molecule has 0 amide bonds. The van der Waals surface area contributed by atoms with E-state index < -0.39 is 0 Å². The Labute approximate surface area is 86.9 Å². The van der Waals surface area contributed by atoms with Crippen LogP contribution in [0, 0.1) is 0 Å². The highest BCUT2D eigenvalue weighted by Gasteiger charge is 2.04. The lowest BCUT2D eigenvalue weighted by Gasteiger charge is -2.05. The summed E-state index contributed by atoms with van der Waals surface area (Å²) >= 11 is 0. The normalized spacial score (nSPS) is 10.2. The molecule has 0 saturated heterocycles. The van der Waals surface area contributed by atoms with E-state index in [0.717, 1.165) is 10.8 Å². The number of phenols is 1. The first-order valence-electron chi connectivity index (χ1n) is 4.57. The van der Waals surface area contributed by atoms with Gasteiger partial charge < -0.3 is 9.84 Å². The predicted octanol–water partition coefficient (Wildman–Crippen LogP) is 2.47. The predicted molar refractivity (Wildman–Crippen MR) is 56.9 cm³/mol. The fourth-order valence-electron chi connectivity index (χ4n) is 1.48. The number of carbonyl (C=O) groups is 1. The second-order valence-electron chi connectivity index (χ2n) is 3.26. The van der Waals surface area contributed by atoms with Gasteiger partial charge in [0.05, 0.1) is 0 Å². The Bertz CT molecular complexity index is 517. The summed E-state index contributed by atoms with van der Waals surface area (Å²) in [5.74, 6) is 0.254. The molecule has 0 atom stereocenters. The number of esters is 1. The third kappa shape index (κ3) is 1.91. The average Bonchev–Trinajstić information content (AvgIpc) is 2.18. The van der Waals surface area contributed by atoms with E-state index in [1.807, 2.05) is 6.07 Å². The van der Waals surface area contributed by atoms with Crippen molar-refractivity contribution in [1.82, 2.24) is 0 Å². The highest BCUT2D eigenvalue weighted by Crippen LogP contribution is 2.28. The summed E-state index contributed by atoms with van der Waals surface area (Å²) < 4.78 is 5.03. The molecule has 76 valence electrons. The van der Waals surface area contributed by atoms with E-state index in [-0.39, 0.29) is 11.7 Å². The van der Waals surface area contributed by atoms with E-state index in [9.17, 15) is 9.90 Å². The van der Waals surface area contributed by atoms with Gasteiger partial charge in [-0.25, -0.2) is 0 Å². The number of hydrogen-bond acceptors (Lipinski definition) is 3. The van der Waals surface area contributed by atoms with Crippen LogP contribution in [0.5, 0.6) is 11.5 Å². The Kier molecular flexibility index (Phi) is 2.29. The Morgan fingerprint density at radius 3 is 2.80 bits per heavy atom. The molecule has 0 aliphatic rings. The minimum Gasteiger partial charge on any atom is -0.508 e. The van der Waals surface area contributed by atoms with Crippen molar-refractivity contribution in [3.8, 4) is 11.5 Å². The molecular weight excluding hydrogens is 192 g/mol. The van der Waals surface area contributed by atoms with Crippen LogP contribution in [-0.4, -0.2) is 11.1 Å². The molecule has 0 saturated carbocycles. The summed E-state index contributed by atoms with van der Waals surface area (Å²) in [4.78, 5) is 10.9. The lowest BCUT2D eigenvalue weighted by atomic mass is 10.1. The van der Waals surface area contributed by atoms with Crippen LogP contribution in [0.1, 0.15) is 6.92 Å². The number of carbonyl (C=O) groups excluding carboxylic acids is 1. The Hall–Kier alpha value is -2.03. The van der Waals surface area contributed by atoms with E-state index in [1.165, 1.54) is 6.92 Å². The molecule has 3 nitrogen and oxygen atoms in total. The Morgan fingerprint density at radius 1 is 1.27 bits per heavy atom. The van der Waals surface area contributed by atoms with Gasteiger partial charge in [0.2, 0.25) is 0 Å². The molecule has 0 heterocycles. The summed E-state index contributed by atoms with van der Waals surface area (Å²) in [6, 6.07) is 10.3. The zero-order chi connectivity index (χ0) is 10.8. The molecule has 2 rings (SSSR count). The minimum absolute atomic E-state index is 0.155. The third-order valence-corrected chi connectivity index (χ3v) is 2.08. The van der Waals surface area contributed by atoms with Crippen LogP contribution in [0.15, 0.2) is 36.4 Å². The van der Waals surface area contributed by atoms with Crippen molar-refractivity contribution in [3.63, 3.8) is 0 Å². The number of ether oxygens (including phenoxy) is 1. The first-order valence-corrected chi connectivity index (χ1v) is 4.57. The molecule has 0 aliphatic heterocycles. The molecule has 0 unspecified atom stereocenters. The van der Waals surface area contributed by atoms with Gasteiger partial charge in [0.25, 0.3) is 0 Å². The maximum Gasteiger partial charge on any atom is 0.308 e. The number of phenolic OH excluding ortho intramolecular Hbond substituents is 1. The summed E-state index contributed by atoms with van der Waals surface area (Å²) in [6.45, 7) is 1.35. The standard InChI is InChI=1S/C12H10O3/c1-8(13)15-12-4-2-3-9-5-6-10(14)7-11(9)12/h2-7,14H,1H3. The summed E-state index contributed by atoms with van der Waals surface area (Å²) in [7, 11) is 0. The highest BCUT2D eigenvalue weighted by atomic mass is 16.5. The Morgan fingerprint density at radius 2 is 2.07 bits per heavy atom. The molecule has 0 aromatic heterocycles. The minimum atomic E-state index is -0.370. The van der Waals surface area contributed by atoms with Crippen LogP contribution in [0.3, 0.4) is 0 Å². The van der Waals surface area contributed by atoms with E-state index >= 15 is 0 Å². The van der Waals surface area contributed by atoms with Gasteiger partial charge >= 0.3 is 5.97 Å². The second kappa shape index (κ2) is 3.61. The zero-order valence-corrected chi connectivity index (χ0v) is 8.23. The van der Waals surface area contributed by atoms with Crippen LogP contribution in [-0.2, 0) is 4.79 Å². The van der Waals surface area contributed by atoms with Crippen molar-refractivity contribution in [2.75, 3.05) is 0 Å². The molecule has 0 fully saturated rings. The van der Waals surface area contributed by atoms with Crippen LogP contribution < -0.4 is 4.74 Å². The second-order valence-corrected chi connectivity index (χ2v) is 3.26. The lowest BCUT2D eigenvalue weighted by molar-refractivity contribution is -0.131. The summed E-state index contributed by atoms with van der Waals surface area (Å²) in [5, 5.41) is 11.0. The van der Waals surface area contributed by atoms with Crippen LogP contribution in [0.4, 0.5) is 0 Å². The fraction of sp³-hybridized carbons (Fsp3) is 0.0833. The molecular formula is C12H10O3. The van der Waals surface area contributed by atoms with Gasteiger partial charge in [-0.1, -0.05) is 18.2 Å². The quantitative estimate of drug-likeness (QED) is 0.570. The van der Waals surface area contributed by atoms with Gasteiger partial charge in [-0.2, -0.15) is 0 Å². The van der Waals surface area contributed by atoms with Crippen molar-refractivity contribution >= 4 is 16.7 Å². The largest absolute Gasteiger partial charge is 0.508 e. The van der Waals surface area contributed by atoms with Crippen molar-refractivity contribution in [1.29, 1.82) is 0 Å². The van der Waals surface area contributed by atoms with Crippen LogP contribution in [0.25, 0.3) is 10.8 Å². The van der Waals surface area contributed by atoms with Gasteiger partial charge in [0.1, 0.15) is 11.5 Å². The molecule has 15 heavy (non-hydrogen) atoms. The molecule has 2 aromatic rings. The smallest absolute Gasteiger partial charge is 0.308 e. The molecule has 0 radical (unpaired) electrons. The van der Waals surface area contributed by atoms with Crippen LogP contribution >= 0.6 is 0 Å². The van der Waals surface area contributed by atoms with Crippen molar-refractivity contribution in [2.24, 2.45) is 0 Å². The maximum atomic E-state index is 10.9. The molecule has 2 aromatic carbocycles. The van der Waals surface area contributed by atoms with Gasteiger partial charge in [0.15, 0.2) is 0 Å². The first kappa shape index (κ1) is 9.52. The highest BCUT2D eigenvalue weighted by molar-refractivity contribution is 5.91. The van der Waals surface area contributed by atoms with Crippen molar-refractivity contribution < 1.29 is 14.6 Å². The molecule has 3 heteroatoms. The summed E-state index contributed by atoms with van der Waals surface area (Å²) in [5.41, 5.74) is 0. The van der Waals surface area contributed by atoms with Gasteiger partial charge in [-0.3, -0.25) is 4.79 Å². The lowest BCUT2D eigenvalue weighted by Crippen LogP contribution is -2.01.